The summed E-state index contributed by atoms with van der Waals surface area (Å²) >= 11 is 0. The van der Waals surface area contributed by atoms with E-state index in [1.54, 1.807) is 6.08 Å². The van der Waals surface area contributed by atoms with Gasteiger partial charge in [0.05, 0.1) is 12.2 Å². The molecular weight excluding hydrogens is 204 g/mol. The van der Waals surface area contributed by atoms with Crippen molar-refractivity contribution in [3.63, 3.8) is 0 Å². The Balaban J connectivity index is 2.03. The Bertz CT molecular complexity index is 518. The third-order valence-corrected chi connectivity index (χ3v) is 2.59. The smallest absolute Gasteiger partial charge is 0.256 e. The summed E-state index contributed by atoms with van der Waals surface area (Å²) in [6.07, 6.45) is 1.77. The number of amides is 1. The summed E-state index contributed by atoms with van der Waals surface area (Å²) in [5, 5.41) is 2.81. The van der Waals surface area contributed by atoms with Crippen molar-refractivity contribution >= 4 is 17.5 Å². The summed E-state index contributed by atoms with van der Waals surface area (Å²) in [7, 11) is 0. The molecule has 4 nitrogen and oxygen atoms in total. The molecule has 0 saturated carbocycles. The summed E-state index contributed by atoms with van der Waals surface area (Å²) in [6.45, 7) is 1.31. The molecule has 0 aromatic heterocycles. The molecule has 0 bridgehead atoms. The van der Waals surface area contributed by atoms with Crippen molar-refractivity contribution in [1.82, 2.24) is 5.32 Å². The van der Waals surface area contributed by atoms with Crippen LogP contribution < -0.4 is 5.32 Å². The molecule has 0 fully saturated rings. The van der Waals surface area contributed by atoms with Crippen molar-refractivity contribution in [2.45, 2.75) is 0 Å². The maximum absolute atomic E-state index is 11.6. The molecule has 1 amide bonds. The van der Waals surface area contributed by atoms with E-state index < -0.39 is 0 Å². The van der Waals surface area contributed by atoms with Crippen LogP contribution in [0.25, 0.3) is 5.70 Å². The normalized spacial score (nSPS) is 20.4. The number of carbonyl (C=O) groups is 1. The highest BCUT2D eigenvalue weighted by atomic mass is 16.5. The van der Waals surface area contributed by atoms with Crippen LogP contribution in [0.3, 0.4) is 0 Å². The molecule has 1 N–H and O–H groups in total. The van der Waals surface area contributed by atoms with Gasteiger partial charge < -0.3 is 10.1 Å². The van der Waals surface area contributed by atoms with Crippen LogP contribution in [0.15, 0.2) is 35.3 Å². The maximum Gasteiger partial charge on any atom is 0.256 e. The number of benzene rings is 1. The first-order valence-electron chi connectivity index (χ1n) is 5.14. The summed E-state index contributed by atoms with van der Waals surface area (Å²) in [5.74, 6) is 0.521. The number of nitrogens with one attached hydrogen (secondary N) is 1. The van der Waals surface area contributed by atoms with E-state index in [-0.39, 0.29) is 5.91 Å². The molecular formula is C12H10N2O2. The van der Waals surface area contributed by atoms with Gasteiger partial charge in [-0.25, -0.2) is 4.99 Å². The Hall–Kier alpha value is -2.10. The van der Waals surface area contributed by atoms with Gasteiger partial charge in [-0.15, -0.1) is 0 Å². The fourth-order valence-electron chi connectivity index (χ4n) is 1.85. The van der Waals surface area contributed by atoms with Gasteiger partial charge >= 0.3 is 0 Å². The van der Waals surface area contributed by atoms with Crippen LogP contribution in [-0.2, 0) is 4.74 Å². The van der Waals surface area contributed by atoms with E-state index >= 15 is 0 Å². The Morgan fingerprint density at radius 3 is 2.88 bits per heavy atom. The molecule has 4 heteroatoms. The summed E-state index contributed by atoms with van der Waals surface area (Å²) < 4.78 is 5.29. The van der Waals surface area contributed by atoms with Gasteiger partial charge in [0.25, 0.3) is 5.91 Å². The van der Waals surface area contributed by atoms with E-state index in [9.17, 15) is 4.79 Å². The second-order valence-corrected chi connectivity index (χ2v) is 3.63. The van der Waals surface area contributed by atoms with E-state index in [1.165, 1.54) is 0 Å². The lowest BCUT2D eigenvalue weighted by Gasteiger charge is -1.99. The zero-order valence-corrected chi connectivity index (χ0v) is 8.56. The summed E-state index contributed by atoms with van der Waals surface area (Å²) in [5.41, 5.74) is 2.37. The number of aliphatic imine (C=N–C) groups is 1. The van der Waals surface area contributed by atoms with Gasteiger partial charge in [-0.3, -0.25) is 4.79 Å². The van der Waals surface area contributed by atoms with Crippen LogP contribution in [0.1, 0.15) is 15.9 Å². The lowest BCUT2D eigenvalue weighted by atomic mass is 10.1. The number of carbonyl (C=O) groups excluding carboxylic acids is 1. The van der Waals surface area contributed by atoms with Gasteiger partial charge in [0.2, 0.25) is 5.90 Å². The van der Waals surface area contributed by atoms with Gasteiger partial charge in [0, 0.05) is 17.2 Å². The minimum atomic E-state index is -0.0690. The molecule has 80 valence electrons. The predicted octanol–water partition coefficient (Wildman–Crippen LogP) is 1.20. The highest BCUT2D eigenvalue weighted by Crippen LogP contribution is 2.24. The van der Waals surface area contributed by atoms with Crippen molar-refractivity contribution in [2.75, 3.05) is 13.2 Å². The molecule has 0 aliphatic carbocycles. The molecule has 0 saturated heterocycles. The van der Waals surface area contributed by atoms with Gasteiger partial charge in [-0.1, -0.05) is 18.2 Å². The Kier molecular flexibility index (Phi) is 1.99. The maximum atomic E-state index is 11.6. The van der Waals surface area contributed by atoms with Crippen LogP contribution in [0.4, 0.5) is 0 Å². The fourth-order valence-corrected chi connectivity index (χ4v) is 1.85. The average Bonchev–Trinajstić information content (AvgIpc) is 2.90. The summed E-state index contributed by atoms with van der Waals surface area (Å²) in [6, 6.07) is 7.48. The van der Waals surface area contributed by atoms with E-state index in [0.717, 1.165) is 11.3 Å². The highest BCUT2D eigenvalue weighted by molar-refractivity contribution is 6.12. The summed E-state index contributed by atoms with van der Waals surface area (Å²) in [4.78, 5) is 15.8. The Labute approximate surface area is 92.6 Å². The Morgan fingerprint density at radius 1 is 1.31 bits per heavy atom. The first-order chi connectivity index (χ1) is 7.84. The first-order valence-corrected chi connectivity index (χ1v) is 5.14. The molecule has 2 heterocycles. The van der Waals surface area contributed by atoms with Crippen LogP contribution in [0.5, 0.6) is 0 Å². The standard InChI is InChI=1S/C12H10N2O2/c15-12-9-4-2-1-3-8(9)10(14-12)7-11-13-5-6-16-11/h1-4,7H,5-6H2,(H,14,15)/b10-7-. The lowest BCUT2D eigenvalue weighted by Crippen LogP contribution is -2.13. The van der Waals surface area contributed by atoms with Crippen LogP contribution >= 0.6 is 0 Å². The third kappa shape index (κ3) is 1.39. The van der Waals surface area contributed by atoms with Gasteiger partial charge in [-0.05, 0) is 6.07 Å². The molecule has 2 aliphatic rings. The largest absolute Gasteiger partial charge is 0.476 e. The quantitative estimate of drug-likeness (QED) is 0.763. The van der Waals surface area contributed by atoms with Crippen LogP contribution in [0.2, 0.25) is 0 Å². The van der Waals surface area contributed by atoms with E-state index in [0.29, 0.717) is 24.6 Å². The number of fused-ring (bicyclic) bond motifs is 1. The number of nitrogens with zero attached hydrogens (tertiary/aromatic N) is 1. The lowest BCUT2D eigenvalue weighted by molar-refractivity contribution is 0.0981. The molecule has 0 spiro atoms. The fraction of sp³-hybridized carbons (Fsp3) is 0.167. The molecule has 0 unspecified atom stereocenters. The molecule has 1 aromatic carbocycles. The zero-order chi connectivity index (χ0) is 11.0. The monoisotopic (exact) mass is 214 g/mol. The van der Waals surface area contributed by atoms with Crippen molar-refractivity contribution in [3.8, 4) is 0 Å². The minimum Gasteiger partial charge on any atom is -0.476 e. The van der Waals surface area contributed by atoms with E-state index in [2.05, 4.69) is 10.3 Å². The molecule has 0 radical (unpaired) electrons. The van der Waals surface area contributed by atoms with Gasteiger partial charge in [0.1, 0.15) is 6.61 Å². The van der Waals surface area contributed by atoms with Gasteiger partial charge in [-0.2, -0.15) is 0 Å². The number of hydrogen-bond donors (Lipinski definition) is 1. The van der Waals surface area contributed by atoms with E-state index in [4.69, 9.17) is 4.74 Å². The van der Waals surface area contributed by atoms with Crippen LogP contribution in [0, 0.1) is 0 Å². The second-order valence-electron chi connectivity index (χ2n) is 3.63. The number of rotatable bonds is 1. The highest BCUT2D eigenvalue weighted by Gasteiger charge is 2.23. The molecule has 1 aromatic rings. The Morgan fingerprint density at radius 2 is 2.12 bits per heavy atom. The topological polar surface area (TPSA) is 50.7 Å². The van der Waals surface area contributed by atoms with Crippen molar-refractivity contribution in [3.05, 3.63) is 41.5 Å². The number of hydrogen-bond acceptors (Lipinski definition) is 3. The molecule has 2 aliphatic heterocycles. The van der Waals surface area contributed by atoms with Crippen molar-refractivity contribution in [2.24, 2.45) is 4.99 Å². The third-order valence-electron chi connectivity index (χ3n) is 2.59. The van der Waals surface area contributed by atoms with E-state index in [1.807, 2.05) is 24.3 Å². The molecule has 16 heavy (non-hydrogen) atoms. The molecule has 0 atom stereocenters. The second kappa shape index (κ2) is 3.48. The SMILES string of the molecule is O=C1N/C(=C\C2=NCCO2)c2ccccc21. The zero-order valence-electron chi connectivity index (χ0n) is 8.56. The molecule has 3 rings (SSSR count). The van der Waals surface area contributed by atoms with Crippen molar-refractivity contribution < 1.29 is 9.53 Å². The number of ether oxygens (including phenoxy) is 1. The first kappa shape index (κ1) is 9.15. The predicted molar refractivity (Wildman–Crippen MR) is 60.1 cm³/mol. The van der Waals surface area contributed by atoms with Crippen LogP contribution in [-0.4, -0.2) is 25.0 Å². The van der Waals surface area contributed by atoms with Gasteiger partial charge in [0.15, 0.2) is 0 Å². The minimum absolute atomic E-state index is 0.0690. The van der Waals surface area contributed by atoms with Crippen molar-refractivity contribution in [1.29, 1.82) is 0 Å². The average molecular weight is 214 g/mol.